The van der Waals surface area contributed by atoms with Gasteiger partial charge < -0.3 is 20.1 Å². The van der Waals surface area contributed by atoms with Gasteiger partial charge in [0.2, 0.25) is 0 Å². The van der Waals surface area contributed by atoms with Crippen molar-refractivity contribution >= 4 is 28.7 Å². The van der Waals surface area contributed by atoms with Crippen molar-refractivity contribution in [3.63, 3.8) is 0 Å². The molecule has 1 atom stereocenters. The van der Waals surface area contributed by atoms with Gasteiger partial charge in [0.25, 0.3) is 5.69 Å². The zero-order valence-corrected chi connectivity index (χ0v) is 14.0. The highest BCUT2D eigenvalue weighted by molar-refractivity contribution is 5.87. The van der Waals surface area contributed by atoms with Crippen molar-refractivity contribution in [3.8, 4) is 0 Å². The number of aromatic amines is 1. The lowest BCUT2D eigenvalue weighted by Crippen LogP contribution is -2.44. The number of hydrogen-bond donors (Lipinski definition) is 3. The number of rotatable bonds is 5. The lowest BCUT2D eigenvalue weighted by atomic mass is 10.0. The first-order valence-corrected chi connectivity index (χ1v) is 7.53. The number of ether oxygens (including phenoxy) is 1. The quantitative estimate of drug-likeness (QED) is 0.561. The number of carboxylic acid groups (broad SMARTS) is 1. The molecule has 0 fully saturated rings. The number of aliphatic carboxylic acids is 1. The first kappa shape index (κ1) is 18.2. The summed E-state index contributed by atoms with van der Waals surface area (Å²) in [4.78, 5) is 36.4. The Morgan fingerprint density at radius 3 is 2.64 bits per heavy atom. The molecule has 0 bridgehead atoms. The smallest absolute Gasteiger partial charge is 0.408 e. The average molecular weight is 349 g/mol. The van der Waals surface area contributed by atoms with Gasteiger partial charge in [0.15, 0.2) is 0 Å². The first-order valence-electron chi connectivity index (χ1n) is 7.53. The lowest BCUT2D eigenvalue weighted by Gasteiger charge is -2.21. The summed E-state index contributed by atoms with van der Waals surface area (Å²) in [5.74, 6) is -1.21. The van der Waals surface area contributed by atoms with E-state index in [9.17, 15) is 24.8 Å². The third-order valence-corrected chi connectivity index (χ3v) is 3.37. The molecule has 0 unspecified atom stereocenters. The third-order valence-electron chi connectivity index (χ3n) is 3.37. The first-order chi connectivity index (χ1) is 11.6. The van der Waals surface area contributed by atoms with Gasteiger partial charge in [-0.15, -0.1) is 0 Å². The summed E-state index contributed by atoms with van der Waals surface area (Å²) in [5, 5.41) is 23.1. The maximum Gasteiger partial charge on any atom is 0.408 e. The zero-order valence-electron chi connectivity index (χ0n) is 14.0. The van der Waals surface area contributed by atoms with Gasteiger partial charge in [-0.25, -0.2) is 9.59 Å². The summed E-state index contributed by atoms with van der Waals surface area (Å²) in [6, 6.07) is 3.07. The number of fused-ring (bicyclic) bond motifs is 1. The number of H-pyrrole nitrogens is 1. The summed E-state index contributed by atoms with van der Waals surface area (Å²) in [6.07, 6.45) is 0.753. The van der Waals surface area contributed by atoms with E-state index in [1.165, 1.54) is 12.1 Å². The second-order valence-electron chi connectivity index (χ2n) is 6.54. The Balaban J connectivity index is 2.19. The predicted octanol–water partition coefficient (Wildman–Crippen LogP) is 2.60. The lowest BCUT2D eigenvalue weighted by molar-refractivity contribution is -0.384. The molecule has 1 heterocycles. The molecule has 2 rings (SSSR count). The number of nitro benzene ring substituents is 1. The minimum atomic E-state index is -1.21. The van der Waals surface area contributed by atoms with Crippen LogP contribution in [0.25, 0.3) is 10.9 Å². The maximum atomic E-state index is 11.8. The van der Waals surface area contributed by atoms with Crippen LogP contribution in [0.2, 0.25) is 0 Å². The number of carboxylic acids is 1. The molecule has 0 radical (unpaired) electrons. The Hall–Kier alpha value is -3.10. The molecule has 9 heteroatoms. The van der Waals surface area contributed by atoms with Gasteiger partial charge in [-0.05, 0) is 32.4 Å². The van der Waals surface area contributed by atoms with Crippen LogP contribution in [-0.4, -0.2) is 38.7 Å². The van der Waals surface area contributed by atoms with Crippen LogP contribution in [0.4, 0.5) is 10.5 Å². The summed E-state index contributed by atoms with van der Waals surface area (Å²) in [5.41, 5.74) is 0.328. The van der Waals surface area contributed by atoms with Gasteiger partial charge in [0.1, 0.15) is 11.6 Å². The molecule has 1 aromatic carbocycles. The number of carbonyl (C=O) groups excluding carboxylic acids is 1. The third kappa shape index (κ3) is 4.69. The van der Waals surface area contributed by atoms with Crippen molar-refractivity contribution < 1.29 is 24.4 Å². The van der Waals surface area contributed by atoms with Crippen LogP contribution in [-0.2, 0) is 16.0 Å². The number of alkyl carbamates (subject to hydrolysis) is 1. The van der Waals surface area contributed by atoms with Crippen LogP contribution >= 0.6 is 0 Å². The van der Waals surface area contributed by atoms with E-state index >= 15 is 0 Å². The number of nitrogens with one attached hydrogen (secondary N) is 2. The molecule has 0 aliphatic carbocycles. The molecule has 9 nitrogen and oxygen atoms in total. The predicted molar refractivity (Wildman–Crippen MR) is 89.5 cm³/mol. The molecular weight excluding hydrogens is 330 g/mol. The van der Waals surface area contributed by atoms with Crippen molar-refractivity contribution in [3.05, 3.63) is 40.1 Å². The van der Waals surface area contributed by atoms with Crippen LogP contribution < -0.4 is 5.32 Å². The van der Waals surface area contributed by atoms with E-state index in [0.717, 1.165) is 0 Å². The minimum absolute atomic E-state index is 0.00634. The largest absolute Gasteiger partial charge is 0.480 e. The molecular formula is C16H19N3O6. The molecule has 1 amide bonds. The van der Waals surface area contributed by atoms with Gasteiger partial charge in [-0.3, -0.25) is 10.1 Å². The van der Waals surface area contributed by atoms with E-state index in [-0.39, 0.29) is 12.1 Å². The van der Waals surface area contributed by atoms with Crippen molar-refractivity contribution in [1.82, 2.24) is 10.3 Å². The standard InChI is InChI=1S/C16H19N3O6/c1-16(2,3)25-15(22)18-13(14(20)21)6-9-8-17-12-7-10(19(23)24)4-5-11(9)12/h4-5,7-8,13,17H,6H2,1-3H3,(H,18,22)(H,20,21)/t13-/m0/s1. The fourth-order valence-corrected chi connectivity index (χ4v) is 2.33. The number of carbonyl (C=O) groups is 2. The molecule has 3 N–H and O–H groups in total. The molecule has 0 spiro atoms. The van der Waals surface area contributed by atoms with Crippen LogP contribution in [0, 0.1) is 10.1 Å². The molecule has 0 aliphatic heterocycles. The molecule has 134 valence electrons. The molecule has 0 saturated carbocycles. The summed E-state index contributed by atoms with van der Waals surface area (Å²) in [6.45, 7) is 5.03. The van der Waals surface area contributed by atoms with Gasteiger partial charge in [-0.1, -0.05) is 0 Å². The van der Waals surface area contributed by atoms with Gasteiger partial charge >= 0.3 is 12.1 Å². The van der Waals surface area contributed by atoms with E-state index in [0.29, 0.717) is 16.5 Å². The van der Waals surface area contributed by atoms with Gasteiger partial charge in [0.05, 0.1) is 10.4 Å². The topological polar surface area (TPSA) is 135 Å². The second kappa shape index (κ2) is 6.80. The van der Waals surface area contributed by atoms with E-state index in [4.69, 9.17) is 4.74 Å². The number of hydrogen-bond acceptors (Lipinski definition) is 5. The molecule has 0 aliphatic rings. The Labute approximate surface area is 143 Å². The monoisotopic (exact) mass is 349 g/mol. The highest BCUT2D eigenvalue weighted by Gasteiger charge is 2.25. The Morgan fingerprint density at radius 1 is 1.40 bits per heavy atom. The number of nitrogens with zero attached hydrogens (tertiary/aromatic N) is 1. The molecule has 0 saturated heterocycles. The van der Waals surface area contributed by atoms with E-state index < -0.39 is 28.6 Å². The van der Waals surface area contributed by atoms with E-state index in [2.05, 4.69) is 10.3 Å². The van der Waals surface area contributed by atoms with E-state index in [1.807, 2.05) is 0 Å². The van der Waals surface area contributed by atoms with Crippen molar-refractivity contribution in [1.29, 1.82) is 0 Å². The van der Waals surface area contributed by atoms with Crippen molar-refractivity contribution in [2.45, 2.75) is 38.8 Å². The van der Waals surface area contributed by atoms with Gasteiger partial charge in [-0.2, -0.15) is 0 Å². The average Bonchev–Trinajstić information content (AvgIpc) is 2.86. The molecule has 25 heavy (non-hydrogen) atoms. The Bertz CT molecular complexity index is 821. The second-order valence-corrected chi connectivity index (χ2v) is 6.54. The van der Waals surface area contributed by atoms with Crippen molar-refractivity contribution in [2.24, 2.45) is 0 Å². The van der Waals surface area contributed by atoms with Crippen LogP contribution in [0.15, 0.2) is 24.4 Å². The van der Waals surface area contributed by atoms with E-state index in [1.54, 1.807) is 33.0 Å². The fourth-order valence-electron chi connectivity index (χ4n) is 2.33. The normalized spacial score (nSPS) is 12.6. The Morgan fingerprint density at radius 2 is 2.08 bits per heavy atom. The van der Waals surface area contributed by atoms with Crippen LogP contribution in [0.3, 0.4) is 0 Å². The zero-order chi connectivity index (χ0) is 18.8. The number of nitro groups is 1. The highest BCUT2D eigenvalue weighted by atomic mass is 16.6. The fraction of sp³-hybridized carbons (Fsp3) is 0.375. The molecule has 1 aromatic heterocycles. The minimum Gasteiger partial charge on any atom is -0.480 e. The van der Waals surface area contributed by atoms with Crippen LogP contribution in [0.1, 0.15) is 26.3 Å². The summed E-state index contributed by atoms with van der Waals surface area (Å²) >= 11 is 0. The molecule has 2 aromatic rings. The number of amides is 1. The highest BCUT2D eigenvalue weighted by Crippen LogP contribution is 2.24. The number of aromatic nitrogens is 1. The number of non-ortho nitro benzene ring substituents is 1. The SMILES string of the molecule is CC(C)(C)OC(=O)N[C@@H](Cc1c[nH]c2cc([N+](=O)[O-])ccc12)C(=O)O. The Kier molecular flexibility index (Phi) is 4.96. The maximum absolute atomic E-state index is 11.8. The van der Waals surface area contributed by atoms with Crippen molar-refractivity contribution in [2.75, 3.05) is 0 Å². The van der Waals surface area contributed by atoms with Crippen LogP contribution in [0.5, 0.6) is 0 Å². The summed E-state index contributed by atoms with van der Waals surface area (Å²) < 4.78 is 5.07. The summed E-state index contributed by atoms with van der Waals surface area (Å²) in [7, 11) is 0. The number of benzene rings is 1. The van der Waals surface area contributed by atoms with Gasteiger partial charge in [0, 0.05) is 30.1 Å².